The third kappa shape index (κ3) is 3.67. The van der Waals surface area contributed by atoms with Crippen LogP contribution >= 0.6 is 11.6 Å². The van der Waals surface area contributed by atoms with E-state index in [4.69, 9.17) is 11.6 Å². The molecule has 6 heteroatoms. The van der Waals surface area contributed by atoms with Gasteiger partial charge in [-0.25, -0.2) is 0 Å². The highest BCUT2D eigenvalue weighted by Crippen LogP contribution is 2.18. The molecule has 1 amide bonds. The number of piperazine rings is 1. The molecule has 24 heavy (non-hydrogen) atoms. The molecule has 0 unspecified atom stereocenters. The van der Waals surface area contributed by atoms with Crippen LogP contribution in [0, 0.1) is 13.8 Å². The zero-order valence-electron chi connectivity index (χ0n) is 14.0. The fraction of sp³-hybridized carbons (Fsp3) is 0.389. The molecule has 5 nitrogen and oxygen atoms in total. The van der Waals surface area contributed by atoms with Gasteiger partial charge < -0.3 is 9.80 Å². The van der Waals surface area contributed by atoms with E-state index in [0.717, 1.165) is 35.7 Å². The zero-order chi connectivity index (χ0) is 17.1. The maximum absolute atomic E-state index is 12.5. The first-order chi connectivity index (χ1) is 11.5. The first-order valence-corrected chi connectivity index (χ1v) is 8.49. The van der Waals surface area contributed by atoms with Crippen LogP contribution in [0.2, 0.25) is 5.02 Å². The molecule has 126 valence electrons. The molecule has 0 atom stereocenters. The Morgan fingerprint density at radius 3 is 2.50 bits per heavy atom. The maximum Gasteiger partial charge on any atom is 0.227 e. The van der Waals surface area contributed by atoms with E-state index in [1.54, 1.807) is 0 Å². The van der Waals surface area contributed by atoms with Crippen molar-refractivity contribution >= 4 is 23.3 Å². The summed E-state index contributed by atoms with van der Waals surface area (Å²) >= 11 is 6.14. The highest BCUT2D eigenvalue weighted by atomic mass is 35.5. The molecule has 0 N–H and O–H groups in total. The fourth-order valence-corrected chi connectivity index (χ4v) is 2.99. The van der Waals surface area contributed by atoms with Gasteiger partial charge in [0.25, 0.3) is 0 Å². The van der Waals surface area contributed by atoms with Crippen LogP contribution in [0.1, 0.15) is 16.8 Å². The molecule has 0 radical (unpaired) electrons. The van der Waals surface area contributed by atoms with Crippen molar-refractivity contribution < 1.29 is 4.79 Å². The summed E-state index contributed by atoms with van der Waals surface area (Å²) in [6.07, 6.45) is 0.350. The van der Waals surface area contributed by atoms with E-state index < -0.39 is 0 Å². The van der Waals surface area contributed by atoms with E-state index in [1.807, 2.05) is 43.0 Å². The Bertz CT molecular complexity index is 742. The number of aromatic nitrogens is 2. The number of aryl methyl sites for hydroxylation is 2. The molecule has 1 aliphatic heterocycles. The van der Waals surface area contributed by atoms with Gasteiger partial charge in [0, 0.05) is 31.2 Å². The fourth-order valence-electron chi connectivity index (χ4n) is 2.79. The largest absolute Gasteiger partial charge is 0.352 e. The second-order valence-electron chi connectivity index (χ2n) is 6.11. The predicted octanol–water partition coefficient (Wildman–Crippen LogP) is 2.64. The van der Waals surface area contributed by atoms with Crippen LogP contribution in [0.4, 0.5) is 5.82 Å². The molecule has 0 aliphatic carbocycles. The van der Waals surface area contributed by atoms with Crippen molar-refractivity contribution in [3.8, 4) is 0 Å². The normalized spacial score (nSPS) is 14.8. The first kappa shape index (κ1) is 16.7. The molecule has 3 rings (SSSR count). The number of rotatable bonds is 3. The van der Waals surface area contributed by atoms with E-state index in [2.05, 4.69) is 21.2 Å². The Balaban J connectivity index is 1.59. The first-order valence-electron chi connectivity index (χ1n) is 8.11. The summed E-state index contributed by atoms with van der Waals surface area (Å²) in [4.78, 5) is 16.6. The van der Waals surface area contributed by atoms with Gasteiger partial charge >= 0.3 is 0 Å². The molecule has 2 aromatic rings. The van der Waals surface area contributed by atoms with Crippen molar-refractivity contribution in [1.29, 1.82) is 0 Å². The summed E-state index contributed by atoms with van der Waals surface area (Å²) in [6, 6.07) is 9.57. The smallest absolute Gasteiger partial charge is 0.227 e. The predicted molar refractivity (Wildman–Crippen MR) is 95.5 cm³/mol. The summed E-state index contributed by atoms with van der Waals surface area (Å²) in [5, 5.41) is 9.10. The molecular formula is C18H21ClN4O. The maximum atomic E-state index is 12.5. The molecule has 0 bridgehead atoms. The third-order valence-corrected chi connectivity index (χ3v) is 4.84. The van der Waals surface area contributed by atoms with Gasteiger partial charge in [-0.2, -0.15) is 5.10 Å². The van der Waals surface area contributed by atoms with Crippen molar-refractivity contribution in [1.82, 2.24) is 15.1 Å². The van der Waals surface area contributed by atoms with E-state index in [1.165, 1.54) is 0 Å². The second kappa shape index (κ2) is 7.18. The second-order valence-corrected chi connectivity index (χ2v) is 6.51. The Morgan fingerprint density at radius 2 is 1.83 bits per heavy atom. The van der Waals surface area contributed by atoms with E-state index in [0.29, 0.717) is 24.5 Å². The minimum Gasteiger partial charge on any atom is -0.352 e. The van der Waals surface area contributed by atoms with Gasteiger partial charge in [0.05, 0.1) is 12.1 Å². The Kier molecular flexibility index (Phi) is 5.00. The minimum atomic E-state index is 0.119. The number of carbonyl (C=O) groups excluding carboxylic acids is 1. The van der Waals surface area contributed by atoms with Crippen LogP contribution in [0.25, 0.3) is 0 Å². The summed E-state index contributed by atoms with van der Waals surface area (Å²) in [5.41, 5.74) is 2.97. The Labute approximate surface area is 147 Å². The molecule has 1 saturated heterocycles. The van der Waals surface area contributed by atoms with Crippen molar-refractivity contribution in [3.05, 3.63) is 52.2 Å². The van der Waals surface area contributed by atoms with Crippen molar-refractivity contribution in [3.63, 3.8) is 0 Å². The number of benzene rings is 1. The topological polar surface area (TPSA) is 49.3 Å². The Morgan fingerprint density at radius 1 is 1.12 bits per heavy atom. The van der Waals surface area contributed by atoms with Crippen LogP contribution < -0.4 is 4.90 Å². The van der Waals surface area contributed by atoms with E-state index in [-0.39, 0.29) is 5.91 Å². The highest BCUT2D eigenvalue weighted by Gasteiger charge is 2.22. The third-order valence-electron chi connectivity index (χ3n) is 4.47. The number of nitrogens with zero attached hydrogens (tertiary/aromatic N) is 4. The molecule has 1 aromatic heterocycles. The van der Waals surface area contributed by atoms with Crippen LogP contribution in [-0.4, -0.2) is 47.2 Å². The van der Waals surface area contributed by atoms with Crippen LogP contribution in [0.5, 0.6) is 0 Å². The lowest BCUT2D eigenvalue weighted by molar-refractivity contribution is -0.130. The summed E-state index contributed by atoms with van der Waals surface area (Å²) in [7, 11) is 0. The number of anilines is 1. The van der Waals surface area contributed by atoms with Crippen molar-refractivity contribution in [2.24, 2.45) is 0 Å². The average molecular weight is 345 g/mol. The standard InChI is InChI=1S/C18H21ClN4O/c1-13-11-17(21-20-14(13)2)22-7-9-23(10-8-22)18(24)12-15-5-3-4-6-16(15)19/h3-6,11H,7-10,12H2,1-2H3. The molecule has 1 fully saturated rings. The lowest BCUT2D eigenvalue weighted by Crippen LogP contribution is -2.49. The van der Waals surface area contributed by atoms with Crippen molar-refractivity contribution in [2.75, 3.05) is 31.1 Å². The zero-order valence-corrected chi connectivity index (χ0v) is 14.8. The average Bonchev–Trinajstić information content (AvgIpc) is 2.59. The monoisotopic (exact) mass is 344 g/mol. The number of amides is 1. The number of halogens is 1. The van der Waals surface area contributed by atoms with Gasteiger partial charge in [-0.15, -0.1) is 5.10 Å². The Hall–Kier alpha value is -2.14. The molecule has 1 aliphatic rings. The molecular weight excluding hydrogens is 324 g/mol. The van der Waals surface area contributed by atoms with Crippen LogP contribution in [0.15, 0.2) is 30.3 Å². The number of hydrogen-bond donors (Lipinski definition) is 0. The van der Waals surface area contributed by atoms with Crippen molar-refractivity contribution in [2.45, 2.75) is 20.3 Å². The SMILES string of the molecule is Cc1cc(N2CCN(C(=O)Cc3ccccc3Cl)CC2)nnc1C. The van der Waals surface area contributed by atoms with Gasteiger partial charge in [-0.05, 0) is 37.1 Å². The van der Waals surface area contributed by atoms with Gasteiger partial charge in [0.1, 0.15) is 0 Å². The lowest BCUT2D eigenvalue weighted by atomic mass is 10.1. The van der Waals surface area contributed by atoms with E-state index in [9.17, 15) is 4.79 Å². The van der Waals surface area contributed by atoms with Crippen LogP contribution in [0.3, 0.4) is 0 Å². The minimum absolute atomic E-state index is 0.119. The molecule has 0 saturated carbocycles. The summed E-state index contributed by atoms with van der Waals surface area (Å²) in [6.45, 7) is 6.92. The molecule has 1 aromatic carbocycles. The van der Waals surface area contributed by atoms with Gasteiger partial charge in [-0.1, -0.05) is 29.8 Å². The van der Waals surface area contributed by atoms with Gasteiger partial charge in [0.15, 0.2) is 5.82 Å². The van der Waals surface area contributed by atoms with Gasteiger partial charge in [0.2, 0.25) is 5.91 Å². The lowest BCUT2D eigenvalue weighted by Gasteiger charge is -2.35. The molecule has 0 spiro atoms. The van der Waals surface area contributed by atoms with Crippen LogP contribution in [-0.2, 0) is 11.2 Å². The summed E-state index contributed by atoms with van der Waals surface area (Å²) < 4.78 is 0. The highest BCUT2D eigenvalue weighted by molar-refractivity contribution is 6.31. The number of hydrogen-bond acceptors (Lipinski definition) is 4. The van der Waals surface area contributed by atoms with E-state index >= 15 is 0 Å². The number of carbonyl (C=O) groups is 1. The summed E-state index contributed by atoms with van der Waals surface area (Å²) in [5.74, 6) is 1.00. The van der Waals surface area contributed by atoms with Gasteiger partial charge in [-0.3, -0.25) is 4.79 Å². The quantitative estimate of drug-likeness (QED) is 0.859. The molecule has 2 heterocycles.